The molecule has 0 saturated carbocycles. The summed E-state index contributed by atoms with van der Waals surface area (Å²) in [6, 6.07) is 0.209. The number of hydrogen-bond acceptors (Lipinski definition) is 4. The van der Waals surface area contributed by atoms with Crippen molar-refractivity contribution in [3.05, 3.63) is 0 Å². The highest BCUT2D eigenvalue weighted by Crippen LogP contribution is 2.10. The van der Waals surface area contributed by atoms with Crippen molar-refractivity contribution in [1.29, 1.82) is 0 Å². The summed E-state index contributed by atoms with van der Waals surface area (Å²) >= 11 is 0. The van der Waals surface area contributed by atoms with Gasteiger partial charge in [-0.25, -0.2) is 0 Å². The lowest BCUT2D eigenvalue weighted by molar-refractivity contribution is -0.156. The molecule has 1 fully saturated rings. The van der Waals surface area contributed by atoms with E-state index in [0.29, 0.717) is 6.54 Å². The molecule has 0 aliphatic carbocycles. The first-order valence-electron chi connectivity index (χ1n) is 5.56. The highest BCUT2D eigenvalue weighted by molar-refractivity contribution is 5.72. The average Bonchev–Trinajstić information content (AvgIpc) is 1.99. The smallest absolute Gasteiger partial charge is 0.320 e. The van der Waals surface area contributed by atoms with E-state index in [4.69, 9.17) is 10.5 Å². The molecule has 0 aromatic carbocycles. The van der Waals surface area contributed by atoms with E-state index in [2.05, 4.69) is 4.90 Å². The maximum Gasteiger partial charge on any atom is 0.320 e. The minimum absolute atomic E-state index is 0.156. The zero-order chi connectivity index (χ0) is 11.5. The standard InChI is InChI=1S/C11H22N2O2/c1-11(2,3)15-10(14)8-13-6-4-5-9(12)7-13/h9H,4-8,12H2,1-3H3/t9-/m1/s1. The van der Waals surface area contributed by atoms with Crippen molar-refractivity contribution < 1.29 is 9.53 Å². The van der Waals surface area contributed by atoms with Crippen LogP contribution in [0.15, 0.2) is 0 Å². The van der Waals surface area contributed by atoms with E-state index in [1.807, 2.05) is 20.8 Å². The van der Waals surface area contributed by atoms with E-state index in [1.54, 1.807) is 0 Å². The Morgan fingerprint density at radius 1 is 1.53 bits per heavy atom. The first-order valence-corrected chi connectivity index (χ1v) is 5.56. The van der Waals surface area contributed by atoms with Gasteiger partial charge in [0.1, 0.15) is 5.60 Å². The molecule has 0 radical (unpaired) electrons. The van der Waals surface area contributed by atoms with E-state index in [-0.39, 0.29) is 12.0 Å². The highest BCUT2D eigenvalue weighted by Gasteiger charge is 2.22. The van der Waals surface area contributed by atoms with E-state index < -0.39 is 5.60 Å². The summed E-state index contributed by atoms with van der Waals surface area (Å²) in [6.07, 6.45) is 2.13. The van der Waals surface area contributed by atoms with Crippen molar-refractivity contribution >= 4 is 5.97 Å². The van der Waals surface area contributed by atoms with Crippen molar-refractivity contribution in [1.82, 2.24) is 4.90 Å². The molecule has 1 heterocycles. The molecule has 15 heavy (non-hydrogen) atoms. The minimum Gasteiger partial charge on any atom is -0.459 e. The Kier molecular flexibility index (Phi) is 4.11. The van der Waals surface area contributed by atoms with Crippen LogP contribution in [0.1, 0.15) is 33.6 Å². The summed E-state index contributed by atoms with van der Waals surface area (Å²) in [7, 11) is 0. The second-order valence-corrected chi connectivity index (χ2v) is 5.22. The van der Waals surface area contributed by atoms with Gasteiger partial charge in [-0.05, 0) is 40.2 Å². The molecule has 1 rings (SSSR count). The maximum absolute atomic E-state index is 11.5. The molecular formula is C11H22N2O2. The molecule has 2 N–H and O–H groups in total. The summed E-state index contributed by atoms with van der Waals surface area (Å²) in [4.78, 5) is 13.6. The van der Waals surface area contributed by atoms with Crippen LogP contribution in [-0.2, 0) is 9.53 Å². The van der Waals surface area contributed by atoms with Gasteiger partial charge in [0.25, 0.3) is 0 Å². The second kappa shape index (κ2) is 4.94. The number of piperidine rings is 1. The SMILES string of the molecule is CC(C)(C)OC(=O)CN1CCC[C@@H](N)C1. The summed E-state index contributed by atoms with van der Waals surface area (Å²) in [6.45, 7) is 7.77. The molecule has 0 bridgehead atoms. The minimum atomic E-state index is -0.394. The lowest BCUT2D eigenvalue weighted by atomic mass is 10.1. The number of carbonyl (C=O) groups is 1. The Balaban J connectivity index is 2.31. The molecule has 1 saturated heterocycles. The van der Waals surface area contributed by atoms with Crippen LogP contribution in [0, 0.1) is 0 Å². The van der Waals surface area contributed by atoms with Crippen LogP contribution in [0.25, 0.3) is 0 Å². The van der Waals surface area contributed by atoms with E-state index in [9.17, 15) is 4.79 Å². The van der Waals surface area contributed by atoms with E-state index in [1.165, 1.54) is 0 Å². The maximum atomic E-state index is 11.5. The van der Waals surface area contributed by atoms with Crippen LogP contribution in [0.3, 0.4) is 0 Å². The normalized spacial score (nSPS) is 23.9. The van der Waals surface area contributed by atoms with Crippen LogP contribution < -0.4 is 5.73 Å². The summed E-state index contributed by atoms with van der Waals surface area (Å²) in [5.74, 6) is -0.156. The van der Waals surface area contributed by atoms with Gasteiger partial charge in [-0.1, -0.05) is 0 Å². The number of nitrogens with two attached hydrogens (primary N) is 1. The fourth-order valence-electron chi connectivity index (χ4n) is 1.79. The van der Waals surface area contributed by atoms with Crippen LogP contribution in [0.5, 0.6) is 0 Å². The van der Waals surface area contributed by atoms with Gasteiger partial charge in [-0.2, -0.15) is 0 Å². The number of ether oxygens (including phenoxy) is 1. The van der Waals surface area contributed by atoms with Crippen molar-refractivity contribution in [3.63, 3.8) is 0 Å². The lowest BCUT2D eigenvalue weighted by Gasteiger charge is -2.30. The zero-order valence-corrected chi connectivity index (χ0v) is 9.95. The number of hydrogen-bond donors (Lipinski definition) is 1. The van der Waals surface area contributed by atoms with E-state index in [0.717, 1.165) is 25.9 Å². The van der Waals surface area contributed by atoms with Gasteiger partial charge in [0, 0.05) is 12.6 Å². The molecule has 0 amide bonds. The highest BCUT2D eigenvalue weighted by atomic mass is 16.6. The Morgan fingerprint density at radius 2 is 2.20 bits per heavy atom. The topological polar surface area (TPSA) is 55.6 Å². The molecule has 0 aromatic rings. The zero-order valence-electron chi connectivity index (χ0n) is 9.95. The van der Waals surface area contributed by atoms with Crippen LogP contribution in [0.4, 0.5) is 0 Å². The second-order valence-electron chi connectivity index (χ2n) is 5.22. The predicted molar refractivity (Wildman–Crippen MR) is 59.5 cm³/mol. The Morgan fingerprint density at radius 3 is 2.73 bits per heavy atom. The van der Waals surface area contributed by atoms with Gasteiger partial charge in [0.2, 0.25) is 0 Å². The molecule has 88 valence electrons. The number of carbonyl (C=O) groups excluding carboxylic acids is 1. The Bertz CT molecular complexity index is 223. The molecule has 0 spiro atoms. The van der Waals surface area contributed by atoms with Crippen LogP contribution >= 0.6 is 0 Å². The molecule has 0 unspecified atom stereocenters. The third-order valence-electron chi connectivity index (χ3n) is 2.31. The molecule has 4 nitrogen and oxygen atoms in total. The average molecular weight is 214 g/mol. The quantitative estimate of drug-likeness (QED) is 0.689. The van der Waals surface area contributed by atoms with Crippen molar-refractivity contribution in [2.24, 2.45) is 5.73 Å². The van der Waals surface area contributed by atoms with E-state index >= 15 is 0 Å². The first-order chi connectivity index (χ1) is 6.87. The van der Waals surface area contributed by atoms with Gasteiger partial charge in [0.15, 0.2) is 0 Å². The summed E-state index contributed by atoms with van der Waals surface area (Å²) in [5.41, 5.74) is 5.44. The monoisotopic (exact) mass is 214 g/mol. The molecule has 4 heteroatoms. The molecule has 1 aliphatic heterocycles. The van der Waals surface area contributed by atoms with Gasteiger partial charge >= 0.3 is 5.97 Å². The lowest BCUT2D eigenvalue weighted by Crippen LogP contribution is -2.45. The number of nitrogens with zero attached hydrogens (tertiary/aromatic N) is 1. The van der Waals surface area contributed by atoms with Gasteiger partial charge in [0.05, 0.1) is 6.54 Å². The third kappa shape index (κ3) is 5.14. The van der Waals surface area contributed by atoms with Crippen molar-refractivity contribution in [2.75, 3.05) is 19.6 Å². The van der Waals surface area contributed by atoms with Crippen LogP contribution in [0.2, 0.25) is 0 Å². The third-order valence-corrected chi connectivity index (χ3v) is 2.31. The van der Waals surface area contributed by atoms with Crippen molar-refractivity contribution in [2.45, 2.75) is 45.3 Å². The fraction of sp³-hybridized carbons (Fsp3) is 0.909. The first kappa shape index (κ1) is 12.5. The van der Waals surface area contributed by atoms with Crippen molar-refractivity contribution in [3.8, 4) is 0 Å². The van der Waals surface area contributed by atoms with Gasteiger partial charge < -0.3 is 10.5 Å². The Labute approximate surface area is 91.8 Å². The predicted octanol–water partition coefficient (Wildman–Crippen LogP) is 0.751. The molecule has 1 atom stereocenters. The largest absolute Gasteiger partial charge is 0.459 e. The summed E-state index contributed by atoms with van der Waals surface area (Å²) in [5, 5.41) is 0. The van der Waals surface area contributed by atoms with Gasteiger partial charge in [-0.15, -0.1) is 0 Å². The van der Waals surface area contributed by atoms with Gasteiger partial charge in [-0.3, -0.25) is 9.69 Å². The Hall–Kier alpha value is -0.610. The number of rotatable bonds is 2. The molecule has 1 aliphatic rings. The van der Waals surface area contributed by atoms with Crippen LogP contribution in [-0.4, -0.2) is 42.1 Å². The number of esters is 1. The summed E-state index contributed by atoms with van der Waals surface area (Å²) < 4.78 is 5.25. The molecule has 0 aromatic heterocycles. The fourth-order valence-corrected chi connectivity index (χ4v) is 1.79. The molecular weight excluding hydrogens is 192 g/mol. The number of likely N-dealkylation sites (tertiary alicyclic amines) is 1.